The molecule has 0 spiro atoms. The number of nitrogens with zero attached hydrogens (tertiary/aromatic N) is 3. The summed E-state index contributed by atoms with van der Waals surface area (Å²) in [6.07, 6.45) is 2.86. The third-order valence-electron chi connectivity index (χ3n) is 3.10. The van der Waals surface area contributed by atoms with Crippen LogP contribution in [0.15, 0.2) is 22.8 Å². The molecule has 0 amide bonds. The molecule has 2 aromatic heterocycles. The van der Waals surface area contributed by atoms with Crippen LogP contribution in [0, 0.1) is 6.92 Å². The van der Waals surface area contributed by atoms with E-state index in [2.05, 4.69) is 44.3 Å². The van der Waals surface area contributed by atoms with Crippen LogP contribution >= 0.6 is 15.9 Å². The van der Waals surface area contributed by atoms with Gasteiger partial charge >= 0.3 is 0 Å². The second-order valence-corrected chi connectivity index (χ2v) is 5.39. The van der Waals surface area contributed by atoms with Gasteiger partial charge in [0.25, 0.3) is 0 Å². The highest BCUT2D eigenvalue weighted by molar-refractivity contribution is 9.10. The maximum atomic E-state index is 4.48. The van der Waals surface area contributed by atoms with Crippen molar-refractivity contribution in [1.29, 1.82) is 0 Å². The average molecular weight is 323 g/mol. The molecular formula is C14H19BrN4. The summed E-state index contributed by atoms with van der Waals surface area (Å²) in [6, 6.07) is 4.14. The number of nitrogens with one attached hydrogen (secondary N) is 1. The molecule has 1 N–H and O–H groups in total. The van der Waals surface area contributed by atoms with Gasteiger partial charge in [0.2, 0.25) is 0 Å². The number of rotatable bonds is 5. The number of aromatic nitrogens is 3. The molecule has 5 heteroatoms. The highest BCUT2D eigenvalue weighted by Crippen LogP contribution is 2.21. The standard InChI is InChI=1S/C14H19BrN4/c1-4-12-14(15)13(19(3)18-12)9-16-7-11-6-5-10(2)17-8-11/h5-6,8,16H,4,7,9H2,1-3H3. The van der Waals surface area contributed by atoms with Crippen molar-refractivity contribution in [3.63, 3.8) is 0 Å². The largest absolute Gasteiger partial charge is 0.307 e. The first-order valence-corrected chi connectivity index (χ1v) is 7.23. The molecule has 2 aromatic rings. The van der Waals surface area contributed by atoms with E-state index in [0.29, 0.717) is 0 Å². The molecular weight excluding hydrogens is 304 g/mol. The molecule has 0 saturated carbocycles. The first kappa shape index (κ1) is 14.2. The van der Waals surface area contributed by atoms with Gasteiger partial charge in [0.15, 0.2) is 0 Å². The Morgan fingerprint density at radius 3 is 2.68 bits per heavy atom. The van der Waals surface area contributed by atoms with Crippen LogP contribution in [-0.2, 0) is 26.6 Å². The van der Waals surface area contributed by atoms with Crippen LogP contribution in [0.4, 0.5) is 0 Å². The van der Waals surface area contributed by atoms with Gasteiger partial charge in [-0.3, -0.25) is 9.67 Å². The highest BCUT2D eigenvalue weighted by Gasteiger charge is 2.11. The Kier molecular flexibility index (Phi) is 4.71. The van der Waals surface area contributed by atoms with Gasteiger partial charge in [-0.05, 0) is 40.9 Å². The van der Waals surface area contributed by atoms with E-state index in [1.54, 1.807) is 0 Å². The van der Waals surface area contributed by atoms with E-state index in [0.717, 1.165) is 35.4 Å². The number of hydrogen-bond donors (Lipinski definition) is 1. The summed E-state index contributed by atoms with van der Waals surface area (Å²) in [6.45, 7) is 5.71. The Bertz CT molecular complexity index is 545. The third-order valence-corrected chi connectivity index (χ3v) is 4.01. The number of hydrogen-bond acceptors (Lipinski definition) is 3. The smallest absolute Gasteiger partial charge is 0.0767 e. The zero-order valence-corrected chi connectivity index (χ0v) is 13.2. The topological polar surface area (TPSA) is 42.7 Å². The van der Waals surface area contributed by atoms with Crippen molar-refractivity contribution in [2.75, 3.05) is 0 Å². The van der Waals surface area contributed by atoms with Crippen molar-refractivity contribution in [3.8, 4) is 0 Å². The van der Waals surface area contributed by atoms with E-state index in [1.807, 2.05) is 30.9 Å². The Morgan fingerprint density at radius 2 is 2.11 bits per heavy atom. The Morgan fingerprint density at radius 1 is 1.32 bits per heavy atom. The van der Waals surface area contributed by atoms with Gasteiger partial charge in [0, 0.05) is 32.0 Å². The first-order valence-electron chi connectivity index (χ1n) is 6.44. The predicted molar refractivity (Wildman–Crippen MR) is 79.8 cm³/mol. The Hall–Kier alpha value is -1.20. The molecule has 0 aliphatic heterocycles. The van der Waals surface area contributed by atoms with Crippen LogP contribution < -0.4 is 5.32 Å². The van der Waals surface area contributed by atoms with E-state index in [1.165, 1.54) is 11.3 Å². The Balaban J connectivity index is 1.96. The average Bonchev–Trinajstić information content (AvgIpc) is 2.68. The summed E-state index contributed by atoms with van der Waals surface area (Å²) >= 11 is 3.62. The predicted octanol–water partition coefficient (Wildman–Crippen LogP) is 2.74. The minimum absolute atomic E-state index is 0.790. The molecule has 2 heterocycles. The minimum Gasteiger partial charge on any atom is -0.307 e. The fourth-order valence-corrected chi connectivity index (χ4v) is 2.70. The van der Waals surface area contributed by atoms with Gasteiger partial charge < -0.3 is 5.32 Å². The normalized spacial score (nSPS) is 10.9. The molecule has 4 nitrogen and oxygen atoms in total. The maximum absolute atomic E-state index is 4.48. The number of halogens is 1. The molecule has 102 valence electrons. The SMILES string of the molecule is CCc1nn(C)c(CNCc2ccc(C)nc2)c1Br. The molecule has 0 unspecified atom stereocenters. The van der Waals surface area contributed by atoms with Gasteiger partial charge in [-0.1, -0.05) is 13.0 Å². The number of aryl methyl sites for hydroxylation is 3. The lowest BCUT2D eigenvalue weighted by molar-refractivity contribution is 0.621. The van der Waals surface area contributed by atoms with Gasteiger partial charge in [-0.15, -0.1) is 0 Å². The van der Waals surface area contributed by atoms with Gasteiger partial charge in [0.05, 0.1) is 15.9 Å². The van der Waals surface area contributed by atoms with Crippen molar-refractivity contribution in [3.05, 3.63) is 45.4 Å². The highest BCUT2D eigenvalue weighted by atomic mass is 79.9. The van der Waals surface area contributed by atoms with Crippen LogP contribution in [-0.4, -0.2) is 14.8 Å². The summed E-state index contributed by atoms with van der Waals surface area (Å²) in [5, 5.41) is 7.91. The van der Waals surface area contributed by atoms with Crippen LogP contribution in [0.1, 0.15) is 29.6 Å². The van der Waals surface area contributed by atoms with Gasteiger partial charge in [-0.2, -0.15) is 5.10 Å². The van der Waals surface area contributed by atoms with Crippen LogP contribution in [0.5, 0.6) is 0 Å². The quantitative estimate of drug-likeness (QED) is 0.920. The van der Waals surface area contributed by atoms with Crippen LogP contribution in [0.25, 0.3) is 0 Å². The van der Waals surface area contributed by atoms with Crippen molar-refractivity contribution in [2.24, 2.45) is 7.05 Å². The lowest BCUT2D eigenvalue weighted by atomic mass is 10.2. The van der Waals surface area contributed by atoms with Crippen LogP contribution in [0.3, 0.4) is 0 Å². The van der Waals surface area contributed by atoms with Crippen molar-refractivity contribution < 1.29 is 0 Å². The second-order valence-electron chi connectivity index (χ2n) is 4.60. The van der Waals surface area contributed by atoms with E-state index < -0.39 is 0 Å². The summed E-state index contributed by atoms with van der Waals surface area (Å²) in [7, 11) is 1.98. The van der Waals surface area contributed by atoms with E-state index in [-0.39, 0.29) is 0 Å². The molecule has 0 aromatic carbocycles. The summed E-state index contributed by atoms with van der Waals surface area (Å²) in [4.78, 5) is 4.29. The molecule has 0 saturated heterocycles. The van der Waals surface area contributed by atoms with Crippen molar-refractivity contribution in [1.82, 2.24) is 20.1 Å². The molecule has 0 aliphatic rings. The first-order chi connectivity index (χ1) is 9.11. The molecule has 0 fully saturated rings. The second kappa shape index (κ2) is 6.30. The summed E-state index contributed by atoms with van der Waals surface area (Å²) in [5.74, 6) is 0. The lowest BCUT2D eigenvalue weighted by Gasteiger charge is -2.06. The molecule has 0 bridgehead atoms. The van der Waals surface area contributed by atoms with E-state index in [4.69, 9.17) is 0 Å². The molecule has 2 rings (SSSR count). The fraction of sp³-hybridized carbons (Fsp3) is 0.429. The molecule has 0 radical (unpaired) electrons. The van der Waals surface area contributed by atoms with Crippen molar-refractivity contribution in [2.45, 2.75) is 33.4 Å². The minimum atomic E-state index is 0.790. The summed E-state index contributed by atoms with van der Waals surface area (Å²) < 4.78 is 3.05. The molecule has 0 atom stereocenters. The monoisotopic (exact) mass is 322 g/mol. The zero-order valence-electron chi connectivity index (χ0n) is 11.6. The van der Waals surface area contributed by atoms with Crippen LogP contribution in [0.2, 0.25) is 0 Å². The van der Waals surface area contributed by atoms with E-state index >= 15 is 0 Å². The fourth-order valence-electron chi connectivity index (χ4n) is 1.94. The van der Waals surface area contributed by atoms with Gasteiger partial charge in [0.1, 0.15) is 0 Å². The third kappa shape index (κ3) is 3.42. The number of pyridine rings is 1. The molecule has 19 heavy (non-hydrogen) atoms. The zero-order chi connectivity index (χ0) is 13.8. The molecule has 0 aliphatic carbocycles. The van der Waals surface area contributed by atoms with E-state index in [9.17, 15) is 0 Å². The lowest BCUT2D eigenvalue weighted by Crippen LogP contribution is -2.15. The summed E-state index contributed by atoms with van der Waals surface area (Å²) in [5.41, 5.74) is 4.53. The Labute approximate surface area is 122 Å². The van der Waals surface area contributed by atoms with Gasteiger partial charge in [-0.25, -0.2) is 0 Å². The van der Waals surface area contributed by atoms with Crippen molar-refractivity contribution >= 4 is 15.9 Å². The maximum Gasteiger partial charge on any atom is 0.0767 e.